The fourth-order valence-corrected chi connectivity index (χ4v) is 2.94. The Kier molecular flexibility index (Phi) is 5.94. The number of hydrogen-bond donors (Lipinski definition) is 0. The van der Waals surface area contributed by atoms with E-state index in [2.05, 4.69) is 11.9 Å². The maximum atomic E-state index is 12.5. The summed E-state index contributed by atoms with van der Waals surface area (Å²) in [4.78, 5) is 16.6. The SMILES string of the molecule is COCc1ccc(C(=O)N(C)C[C@@H]2C[C@H](OC)CN2C)cc1. The minimum Gasteiger partial charge on any atom is -0.380 e. The van der Waals surface area contributed by atoms with Gasteiger partial charge in [-0.05, 0) is 31.2 Å². The van der Waals surface area contributed by atoms with Crippen LogP contribution in [0.1, 0.15) is 22.3 Å². The molecule has 1 saturated heterocycles. The van der Waals surface area contributed by atoms with Gasteiger partial charge in [0.1, 0.15) is 0 Å². The van der Waals surface area contributed by atoms with Gasteiger partial charge in [0.15, 0.2) is 0 Å². The third kappa shape index (κ3) is 4.06. The van der Waals surface area contributed by atoms with Gasteiger partial charge in [-0.15, -0.1) is 0 Å². The topological polar surface area (TPSA) is 42.0 Å². The molecule has 1 aromatic rings. The lowest BCUT2D eigenvalue weighted by molar-refractivity contribution is 0.0760. The van der Waals surface area contributed by atoms with Gasteiger partial charge in [-0.1, -0.05) is 12.1 Å². The van der Waals surface area contributed by atoms with E-state index in [1.54, 1.807) is 19.1 Å². The summed E-state index contributed by atoms with van der Waals surface area (Å²) in [5.41, 5.74) is 1.78. The molecule has 0 bridgehead atoms. The number of amides is 1. The molecule has 0 aliphatic carbocycles. The molecular weight excluding hydrogens is 280 g/mol. The van der Waals surface area contributed by atoms with Crippen LogP contribution in [0.2, 0.25) is 0 Å². The maximum Gasteiger partial charge on any atom is 0.253 e. The van der Waals surface area contributed by atoms with E-state index in [-0.39, 0.29) is 12.0 Å². The smallest absolute Gasteiger partial charge is 0.253 e. The van der Waals surface area contributed by atoms with Crippen LogP contribution in [-0.2, 0) is 16.1 Å². The summed E-state index contributed by atoms with van der Waals surface area (Å²) in [5.74, 6) is 0.0539. The summed E-state index contributed by atoms with van der Waals surface area (Å²) in [5, 5.41) is 0. The second-order valence-electron chi connectivity index (χ2n) is 6.00. The van der Waals surface area contributed by atoms with Gasteiger partial charge >= 0.3 is 0 Å². The van der Waals surface area contributed by atoms with E-state index in [1.807, 2.05) is 31.3 Å². The van der Waals surface area contributed by atoms with Gasteiger partial charge in [-0.2, -0.15) is 0 Å². The lowest BCUT2D eigenvalue weighted by Crippen LogP contribution is -2.39. The number of likely N-dealkylation sites (tertiary alicyclic amines) is 1. The first-order valence-electron chi connectivity index (χ1n) is 7.61. The number of ether oxygens (including phenoxy) is 2. The van der Waals surface area contributed by atoms with E-state index in [9.17, 15) is 4.79 Å². The molecule has 22 heavy (non-hydrogen) atoms. The average Bonchev–Trinajstić information content (AvgIpc) is 2.88. The largest absolute Gasteiger partial charge is 0.380 e. The monoisotopic (exact) mass is 306 g/mol. The second kappa shape index (κ2) is 7.72. The molecule has 2 rings (SSSR count). The molecule has 0 unspecified atom stereocenters. The molecule has 1 heterocycles. The van der Waals surface area contributed by atoms with Crippen LogP contribution in [0.25, 0.3) is 0 Å². The molecule has 5 nitrogen and oxygen atoms in total. The molecule has 1 aromatic carbocycles. The lowest BCUT2D eigenvalue weighted by atomic mass is 10.1. The molecule has 2 atom stereocenters. The number of rotatable bonds is 6. The summed E-state index contributed by atoms with van der Waals surface area (Å²) in [7, 11) is 7.36. The molecular formula is C17H26N2O3. The highest BCUT2D eigenvalue weighted by Crippen LogP contribution is 2.19. The minimum absolute atomic E-state index is 0.0539. The van der Waals surface area contributed by atoms with Crippen molar-refractivity contribution in [1.29, 1.82) is 0 Å². The third-order valence-corrected chi connectivity index (χ3v) is 4.33. The van der Waals surface area contributed by atoms with Crippen molar-refractivity contribution in [2.24, 2.45) is 0 Å². The van der Waals surface area contributed by atoms with Crippen LogP contribution in [0.3, 0.4) is 0 Å². The Bertz CT molecular complexity index is 489. The van der Waals surface area contributed by atoms with E-state index in [4.69, 9.17) is 9.47 Å². The Hall–Kier alpha value is -1.43. The number of carbonyl (C=O) groups excluding carboxylic acids is 1. The zero-order valence-corrected chi connectivity index (χ0v) is 13.9. The number of likely N-dealkylation sites (N-methyl/N-ethyl adjacent to an activating group) is 2. The minimum atomic E-state index is 0.0539. The van der Waals surface area contributed by atoms with E-state index in [0.29, 0.717) is 18.2 Å². The number of methoxy groups -OCH3 is 2. The van der Waals surface area contributed by atoms with Gasteiger partial charge in [0.2, 0.25) is 0 Å². The standard InChI is InChI=1S/C17H26N2O3/c1-18-11-16(22-4)9-15(18)10-19(2)17(20)14-7-5-13(6-8-14)12-21-3/h5-8,15-16H,9-12H2,1-4H3/t15-,16-/m0/s1. The molecule has 1 aliphatic heterocycles. The van der Waals surface area contributed by atoms with Crippen molar-refractivity contribution in [2.75, 3.05) is 41.4 Å². The molecule has 5 heteroatoms. The van der Waals surface area contributed by atoms with Gasteiger partial charge in [0.05, 0.1) is 12.7 Å². The normalized spacial score (nSPS) is 22.0. The van der Waals surface area contributed by atoms with Crippen LogP contribution in [0.4, 0.5) is 0 Å². The molecule has 122 valence electrons. The van der Waals surface area contributed by atoms with Gasteiger partial charge in [-0.25, -0.2) is 0 Å². The lowest BCUT2D eigenvalue weighted by Gasteiger charge is -2.25. The number of hydrogen-bond acceptors (Lipinski definition) is 4. The summed E-state index contributed by atoms with van der Waals surface area (Å²) in [6.45, 7) is 2.21. The summed E-state index contributed by atoms with van der Waals surface area (Å²) in [6.07, 6.45) is 1.24. The molecule has 1 fully saturated rings. The molecule has 0 saturated carbocycles. The Morgan fingerprint density at radius 1 is 1.32 bits per heavy atom. The zero-order valence-electron chi connectivity index (χ0n) is 13.9. The first kappa shape index (κ1) is 16.9. The molecule has 1 amide bonds. The van der Waals surface area contributed by atoms with E-state index in [1.165, 1.54) is 0 Å². The number of benzene rings is 1. The van der Waals surface area contributed by atoms with Crippen molar-refractivity contribution >= 4 is 5.91 Å². The Morgan fingerprint density at radius 2 is 2.00 bits per heavy atom. The van der Waals surface area contributed by atoms with Crippen LogP contribution in [0.5, 0.6) is 0 Å². The highest BCUT2D eigenvalue weighted by molar-refractivity contribution is 5.94. The van der Waals surface area contributed by atoms with E-state index < -0.39 is 0 Å². The molecule has 0 N–H and O–H groups in total. The fourth-order valence-electron chi connectivity index (χ4n) is 2.94. The summed E-state index contributed by atoms with van der Waals surface area (Å²) >= 11 is 0. The van der Waals surface area contributed by atoms with Gasteiger partial charge < -0.3 is 14.4 Å². The van der Waals surface area contributed by atoms with E-state index >= 15 is 0 Å². The van der Waals surface area contributed by atoms with Crippen LogP contribution < -0.4 is 0 Å². The Labute approximate surface area is 132 Å². The third-order valence-electron chi connectivity index (χ3n) is 4.33. The summed E-state index contributed by atoms with van der Waals surface area (Å²) in [6, 6.07) is 7.96. The van der Waals surface area contributed by atoms with Crippen molar-refractivity contribution in [1.82, 2.24) is 9.80 Å². The molecule has 0 radical (unpaired) electrons. The predicted octanol–water partition coefficient (Wildman–Crippen LogP) is 1.62. The van der Waals surface area contributed by atoms with Gasteiger partial charge in [-0.3, -0.25) is 9.69 Å². The first-order chi connectivity index (χ1) is 10.5. The zero-order chi connectivity index (χ0) is 16.1. The van der Waals surface area contributed by atoms with Crippen molar-refractivity contribution in [3.63, 3.8) is 0 Å². The summed E-state index contributed by atoms with van der Waals surface area (Å²) < 4.78 is 10.5. The van der Waals surface area contributed by atoms with Gasteiger partial charge in [0, 0.05) is 46.0 Å². The van der Waals surface area contributed by atoms with Crippen molar-refractivity contribution in [2.45, 2.75) is 25.2 Å². The van der Waals surface area contributed by atoms with Crippen LogP contribution in [-0.4, -0.2) is 69.3 Å². The molecule has 0 aromatic heterocycles. The van der Waals surface area contributed by atoms with Crippen molar-refractivity contribution in [3.8, 4) is 0 Å². The Morgan fingerprint density at radius 3 is 2.55 bits per heavy atom. The number of nitrogens with zero attached hydrogens (tertiary/aromatic N) is 2. The van der Waals surface area contributed by atoms with E-state index in [0.717, 1.165) is 25.1 Å². The van der Waals surface area contributed by atoms with Crippen molar-refractivity contribution < 1.29 is 14.3 Å². The van der Waals surface area contributed by atoms with Crippen molar-refractivity contribution in [3.05, 3.63) is 35.4 Å². The second-order valence-corrected chi connectivity index (χ2v) is 6.00. The average molecular weight is 306 g/mol. The van der Waals surface area contributed by atoms with Crippen LogP contribution >= 0.6 is 0 Å². The fraction of sp³-hybridized carbons (Fsp3) is 0.588. The Balaban J connectivity index is 1.94. The maximum absolute atomic E-state index is 12.5. The molecule has 0 spiro atoms. The highest BCUT2D eigenvalue weighted by Gasteiger charge is 2.31. The van der Waals surface area contributed by atoms with Gasteiger partial charge in [0.25, 0.3) is 5.91 Å². The van der Waals surface area contributed by atoms with Crippen LogP contribution in [0.15, 0.2) is 24.3 Å². The molecule has 1 aliphatic rings. The number of carbonyl (C=O) groups is 1. The highest BCUT2D eigenvalue weighted by atomic mass is 16.5. The quantitative estimate of drug-likeness (QED) is 0.801. The predicted molar refractivity (Wildman–Crippen MR) is 85.9 cm³/mol. The first-order valence-corrected chi connectivity index (χ1v) is 7.61. The van der Waals surface area contributed by atoms with Crippen LogP contribution in [0, 0.1) is 0 Å².